The first-order chi connectivity index (χ1) is 17.5. The molecule has 0 saturated heterocycles. The van der Waals surface area contributed by atoms with Crippen LogP contribution in [0.15, 0.2) is 55.0 Å². The van der Waals surface area contributed by atoms with Crippen LogP contribution in [0.3, 0.4) is 0 Å². The van der Waals surface area contributed by atoms with Crippen molar-refractivity contribution in [3.8, 4) is 16.9 Å². The number of anilines is 2. The van der Waals surface area contributed by atoms with Crippen LogP contribution < -0.4 is 5.32 Å². The Morgan fingerprint density at radius 1 is 1.00 bits per heavy atom. The van der Waals surface area contributed by atoms with Gasteiger partial charge in [-0.25, -0.2) is 24.4 Å². The smallest absolute Gasteiger partial charge is 0.475 e. The molecular formula is C23H20F3N9O2. The lowest BCUT2D eigenvalue weighted by Crippen LogP contribution is -2.21. The molecule has 0 aliphatic heterocycles. The molecule has 0 saturated carbocycles. The maximum atomic E-state index is 10.6. The van der Waals surface area contributed by atoms with Crippen molar-refractivity contribution in [2.45, 2.75) is 20.0 Å². The molecule has 0 atom stereocenters. The molecule has 11 nitrogen and oxygen atoms in total. The summed E-state index contributed by atoms with van der Waals surface area (Å²) in [7, 11) is 1.88. The molecule has 0 amide bonds. The summed E-state index contributed by atoms with van der Waals surface area (Å²) in [5.74, 6) is -0.676. The summed E-state index contributed by atoms with van der Waals surface area (Å²) >= 11 is 0. The van der Waals surface area contributed by atoms with Crippen LogP contribution in [0, 0.1) is 13.8 Å². The van der Waals surface area contributed by atoms with Crippen molar-refractivity contribution in [3.63, 3.8) is 0 Å². The molecule has 0 aliphatic rings. The van der Waals surface area contributed by atoms with Crippen LogP contribution in [0.5, 0.6) is 0 Å². The fourth-order valence-electron chi connectivity index (χ4n) is 3.26. The molecule has 0 fully saturated rings. The summed E-state index contributed by atoms with van der Waals surface area (Å²) in [6.07, 6.45) is 0.392. The van der Waals surface area contributed by atoms with E-state index < -0.39 is 12.1 Å². The number of hydrogen-bond donors (Lipinski definition) is 2. The molecule has 2 N–H and O–H groups in total. The average molecular weight is 511 g/mol. The van der Waals surface area contributed by atoms with E-state index in [1.807, 2.05) is 68.2 Å². The van der Waals surface area contributed by atoms with Gasteiger partial charge in [0.15, 0.2) is 5.65 Å². The van der Waals surface area contributed by atoms with E-state index in [0.29, 0.717) is 11.6 Å². The van der Waals surface area contributed by atoms with E-state index in [4.69, 9.17) is 9.90 Å². The molecule has 14 heteroatoms. The van der Waals surface area contributed by atoms with E-state index in [9.17, 15) is 13.2 Å². The van der Waals surface area contributed by atoms with Crippen LogP contribution in [0.1, 0.15) is 11.6 Å². The van der Waals surface area contributed by atoms with Crippen LogP contribution >= 0.6 is 0 Å². The number of carboxylic acids is 1. The predicted molar refractivity (Wildman–Crippen MR) is 127 cm³/mol. The number of aromatic nitrogens is 8. The zero-order chi connectivity index (χ0) is 26.7. The number of hydrogen-bond acceptors (Lipinski definition) is 8. The van der Waals surface area contributed by atoms with Crippen LogP contribution in [0.4, 0.5) is 24.8 Å². The maximum absolute atomic E-state index is 10.6. The van der Waals surface area contributed by atoms with Gasteiger partial charge in [-0.3, -0.25) is 4.68 Å². The number of aliphatic carboxylic acids is 1. The van der Waals surface area contributed by atoms with Crippen molar-refractivity contribution < 1.29 is 23.1 Å². The molecule has 4 aromatic heterocycles. The van der Waals surface area contributed by atoms with Crippen LogP contribution in [0.25, 0.3) is 28.0 Å². The summed E-state index contributed by atoms with van der Waals surface area (Å²) in [5, 5.41) is 19.8. The zero-order valence-corrected chi connectivity index (χ0v) is 19.8. The van der Waals surface area contributed by atoms with E-state index in [-0.39, 0.29) is 0 Å². The Morgan fingerprint density at radius 2 is 1.70 bits per heavy atom. The molecule has 190 valence electrons. The fourth-order valence-corrected chi connectivity index (χ4v) is 3.26. The lowest BCUT2D eigenvalue weighted by Gasteiger charge is -2.08. The second-order valence-electron chi connectivity index (χ2n) is 7.80. The van der Waals surface area contributed by atoms with E-state index in [1.165, 1.54) is 0 Å². The minimum atomic E-state index is -5.08. The van der Waals surface area contributed by atoms with E-state index in [2.05, 4.69) is 35.5 Å². The normalized spacial score (nSPS) is 11.2. The largest absolute Gasteiger partial charge is 0.490 e. The average Bonchev–Trinajstić information content (AvgIpc) is 3.43. The van der Waals surface area contributed by atoms with E-state index in [1.54, 1.807) is 17.1 Å². The number of benzene rings is 1. The first-order valence-corrected chi connectivity index (χ1v) is 10.7. The van der Waals surface area contributed by atoms with E-state index >= 15 is 0 Å². The Balaban J connectivity index is 0.000000405. The minimum Gasteiger partial charge on any atom is -0.475 e. The highest BCUT2D eigenvalue weighted by molar-refractivity contribution is 5.78. The lowest BCUT2D eigenvalue weighted by atomic mass is 10.2. The van der Waals surface area contributed by atoms with Crippen molar-refractivity contribution in [3.05, 3.63) is 66.6 Å². The predicted octanol–water partition coefficient (Wildman–Crippen LogP) is 4.00. The van der Waals surface area contributed by atoms with Crippen molar-refractivity contribution in [1.82, 2.24) is 39.5 Å². The fraction of sp³-hybridized carbons (Fsp3) is 0.174. The Hall–Kier alpha value is -4.88. The highest BCUT2D eigenvalue weighted by atomic mass is 19.4. The Kier molecular flexibility index (Phi) is 6.82. The number of halogens is 3. The first-order valence-electron chi connectivity index (χ1n) is 10.7. The van der Waals surface area contributed by atoms with Gasteiger partial charge in [0.05, 0.1) is 17.6 Å². The van der Waals surface area contributed by atoms with Gasteiger partial charge in [0.25, 0.3) is 0 Å². The lowest BCUT2D eigenvalue weighted by molar-refractivity contribution is -0.192. The molecule has 0 aliphatic carbocycles. The third kappa shape index (κ3) is 6.04. The topological polar surface area (TPSA) is 137 Å². The second kappa shape index (κ2) is 10.0. The quantitative estimate of drug-likeness (QED) is 0.367. The standard InChI is InChI=1S/C21H19N9.C2HF3O2/c1-13-24-14(2)30(28-13)18-7-5-17(6-8-18)25-21-22-10-15-4-9-19(26-20(15)27-21)16-11-23-29(3)12-16;3-2(4,5)1(6)7/h4-12H,1-3H3,(H,22,25,26,27);(H,6,7). The minimum absolute atomic E-state index is 0.485. The van der Waals surface area contributed by atoms with Gasteiger partial charge < -0.3 is 10.4 Å². The van der Waals surface area contributed by atoms with Crippen LogP contribution in [-0.4, -0.2) is 56.7 Å². The number of alkyl halides is 3. The van der Waals surface area contributed by atoms with Gasteiger partial charge in [0.2, 0.25) is 5.95 Å². The number of fused-ring (bicyclic) bond motifs is 1. The van der Waals surface area contributed by atoms with Gasteiger partial charge in [0, 0.05) is 36.1 Å². The molecule has 0 unspecified atom stereocenters. The Bertz CT molecular complexity index is 1560. The highest BCUT2D eigenvalue weighted by Crippen LogP contribution is 2.21. The molecule has 5 rings (SSSR count). The van der Waals surface area contributed by atoms with Gasteiger partial charge in [0.1, 0.15) is 11.6 Å². The summed E-state index contributed by atoms with van der Waals surface area (Å²) in [6, 6.07) is 11.8. The molecule has 37 heavy (non-hydrogen) atoms. The zero-order valence-electron chi connectivity index (χ0n) is 19.8. The number of pyridine rings is 1. The molecular weight excluding hydrogens is 491 g/mol. The van der Waals surface area contributed by atoms with Gasteiger partial charge in [-0.05, 0) is 50.2 Å². The molecule has 0 spiro atoms. The SMILES string of the molecule is Cc1nc(C)n(-c2ccc(Nc3ncc4ccc(-c5cnn(C)c5)nc4n3)cc2)n1.O=C(O)C(F)(F)F. The van der Waals surface area contributed by atoms with Gasteiger partial charge in [-0.2, -0.15) is 28.4 Å². The maximum Gasteiger partial charge on any atom is 0.490 e. The van der Waals surface area contributed by atoms with Gasteiger partial charge in [-0.15, -0.1) is 0 Å². The van der Waals surface area contributed by atoms with Crippen LogP contribution in [0.2, 0.25) is 0 Å². The number of aryl methyl sites for hydroxylation is 3. The number of carboxylic acid groups (broad SMARTS) is 1. The van der Waals surface area contributed by atoms with Crippen molar-refractivity contribution in [1.29, 1.82) is 0 Å². The molecule has 0 bridgehead atoms. The molecule has 5 aromatic rings. The Morgan fingerprint density at radius 3 is 2.27 bits per heavy atom. The number of rotatable bonds is 4. The van der Waals surface area contributed by atoms with Gasteiger partial charge >= 0.3 is 12.1 Å². The number of carbonyl (C=O) groups is 1. The summed E-state index contributed by atoms with van der Waals surface area (Å²) in [5.41, 5.74) is 4.21. The Labute approximate surface area is 207 Å². The third-order valence-electron chi connectivity index (χ3n) is 4.93. The van der Waals surface area contributed by atoms with Crippen LogP contribution in [-0.2, 0) is 11.8 Å². The number of nitrogens with one attached hydrogen (secondary N) is 1. The van der Waals surface area contributed by atoms with Crippen molar-refractivity contribution in [2.24, 2.45) is 7.05 Å². The summed E-state index contributed by atoms with van der Waals surface area (Å²) < 4.78 is 35.3. The molecule has 1 aromatic carbocycles. The highest BCUT2D eigenvalue weighted by Gasteiger charge is 2.38. The first kappa shape index (κ1) is 25.2. The van der Waals surface area contributed by atoms with Crippen molar-refractivity contribution in [2.75, 3.05) is 5.32 Å². The molecule has 0 radical (unpaired) electrons. The molecule has 4 heterocycles. The second-order valence-corrected chi connectivity index (χ2v) is 7.80. The van der Waals surface area contributed by atoms with Gasteiger partial charge in [-0.1, -0.05) is 0 Å². The summed E-state index contributed by atoms with van der Waals surface area (Å²) in [4.78, 5) is 26.9. The van der Waals surface area contributed by atoms with E-state index in [0.717, 1.165) is 39.7 Å². The monoisotopic (exact) mass is 511 g/mol. The third-order valence-corrected chi connectivity index (χ3v) is 4.93. The summed E-state index contributed by atoms with van der Waals surface area (Å²) in [6.45, 7) is 3.81. The number of nitrogens with zero attached hydrogens (tertiary/aromatic N) is 8. The van der Waals surface area contributed by atoms with Crippen molar-refractivity contribution >= 4 is 28.6 Å².